The molecule has 1 heteroatoms. The molecule has 2 aliphatic rings. The van der Waals surface area contributed by atoms with E-state index in [0.717, 1.165) is 0 Å². The van der Waals surface area contributed by atoms with Crippen LogP contribution in [0.4, 0.5) is 0 Å². The fourth-order valence-electron chi connectivity index (χ4n) is 2.74. The Morgan fingerprint density at radius 3 is 1.59 bits per heavy atom. The first-order valence-electron chi connectivity index (χ1n) is 7.55. The Morgan fingerprint density at radius 1 is 0.588 bits per heavy atom. The quantitative estimate of drug-likeness (QED) is 0.496. The fraction of sp³-hybridized carbons (Fsp3) is 0.750. The molecule has 2 rings (SSSR count). The minimum atomic E-state index is 1.33. The highest BCUT2D eigenvalue weighted by Crippen LogP contribution is 2.41. The molecule has 0 spiro atoms. The molecule has 0 amide bonds. The fourth-order valence-corrected chi connectivity index (χ4v) is 4.09. The summed E-state index contributed by atoms with van der Waals surface area (Å²) in [5.41, 5.74) is 0. The SMILES string of the molecule is C1=C(/[P]/C2=C/CCCCCC2)CCCCCC/1. The molecule has 0 atom stereocenters. The molecule has 0 nitrogen and oxygen atoms in total. The maximum Gasteiger partial charge on any atom is -0.0196 e. The Bertz CT molecular complexity index is 247. The molecule has 0 fully saturated rings. The van der Waals surface area contributed by atoms with Crippen LogP contribution in [0.1, 0.15) is 77.0 Å². The van der Waals surface area contributed by atoms with Crippen molar-refractivity contribution in [1.82, 2.24) is 0 Å². The van der Waals surface area contributed by atoms with Crippen molar-refractivity contribution in [3.05, 3.63) is 22.8 Å². The molecule has 0 N–H and O–H groups in total. The molecule has 0 heterocycles. The van der Waals surface area contributed by atoms with Crippen LogP contribution in [0.2, 0.25) is 0 Å². The molecular formula is C16H26P. The van der Waals surface area contributed by atoms with E-state index in [9.17, 15) is 0 Å². The Balaban J connectivity index is 1.88. The van der Waals surface area contributed by atoms with Crippen molar-refractivity contribution in [3.8, 4) is 0 Å². The first-order valence-corrected chi connectivity index (χ1v) is 8.44. The monoisotopic (exact) mass is 249 g/mol. The van der Waals surface area contributed by atoms with Crippen LogP contribution in [0, 0.1) is 0 Å². The van der Waals surface area contributed by atoms with Gasteiger partial charge in [0.1, 0.15) is 0 Å². The first-order chi connectivity index (χ1) is 8.45. The van der Waals surface area contributed by atoms with Gasteiger partial charge in [-0.1, -0.05) is 37.8 Å². The van der Waals surface area contributed by atoms with Crippen molar-refractivity contribution in [2.24, 2.45) is 0 Å². The van der Waals surface area contributed by atoms with Gasteiger partial charge in [-0.25, -0.2) is 0 Å². The summed E-state index contributed by atoms with van der Waals surface area (Å²) < 4.78 is 0. The third-order valence-corrected chi connectivity index (χ3v) is 5.21. The molecule has 1 radical (unpaired) electrons. The smallest absolute Gasteiger partial charge is 0.0196 e. The van der Waals surface area contributed by atoms with Crippen LogP contribution in [0.5, 0.6) is 0 Å². The lowest BCUT2D eigenvalue weighted by Gasteiger charge is -2.14. The molecular weight excluding hydrogens is 223 g/mol. The minimum Gasteiger partial charge on any atom is -0.0802 e. The van der Waals surface area contributed by atoms with Crippen molar-refractivity contribution in [2.75, 3.05) is 0 Å². The predicted octanol–water partition coefficient (Wildman–Crippen LogP) is 6.41. The van der Waals surface area contributed by atoms with Crippen LogP contribution < -0.4 is 0 Å². The summed E-state index contributed by atoms with van der Waals surface area (Å²) in [5, 5.41) is 3.44. The molecule has 0 unspecified atom stereocenters. The summed E-state index contributed by atoms with van der Waals surface area (Å²) in [5.74, 6) is 0. The molecule has 0 aromatic carbocycles. The molecule has 0 saturated heterocycles. The van der Waals surface area contributed by atoms with Gasteiger partial charge in [-0.3, -0.25) is 0 Å². The maximum absolute atomic E-state index is 2.54. The summed E-state index contributed by atoms with van der Waals surface area (Å²) in [7, 11) is 1.57. The topological polar surface area (TPSA) is 0 Å². The molecule has 0 saturated carbocycles. The van der Waals surface area contributed by atoms with Gasteiger partial charge in [-0.05, 0) is 70.6 Å². The van der Waals surface area contributed by atoms with Crippen LogP contribution in [0.15, 0.2) is 22.8 Å². The standard InChI is InChI=1S/C16H26P/c1-3-7-11-15(12-8-4-1)17-16-13-9-5-2-6-10-14-16/h11,13H,1-10,12,14H2/b15-11+,16-13+. The van der Waals surface area contributed by atoms with Gasteiger partial charge in [-0.15, -0.1) is 0 Å². The molecule has 0 aliphatic heterocycles. The van der Waals surface area contributed by atoms with Crippen molar-refractivity contribution < 1.29 is 0 Å². The van der Waals surface area contributed by atoms with Gasteiger partial charge in [0.05, 0.1) is 0 Å². The Hall–Kier alpha value is -0.0900. The van der Waals surface area contributed by atoms with E-state index in [4.69, 9.17) is 0 Å². The second kappa shape index (κ2) is 8.09. The summed E-state index contributed by atoms with van der Waals surface area (Å²) in [6.07, 6.45) is 21.9. The lowest BCUT2D eigenvalue weighted by Crippen LogP contribution is -1.89. The second-order valence-electron chi connectivity index (χ2n) is 5.41. The summed E-state index contributed by atoms with van der Waals surface area (Å²) in [4.78, 5) is 0. The first kappa shape index (κ1) is 13.3. The largest absolute Gasteiger partial charge is 0.0802 e. The lowest BCUT2D eigenvalue weighted by atomic mass is 10.1. The van der Waals surface area contributed by atoms with Crippen LogP contribution in [0.3, 0.4) is 0 Å². The lowest BCUT2D eigenvalue weighted by molar-refractivity contribution is 0.631. The van der Waals surface area contributed by atoms with Gasteiger partial charge in [0.25, 0.3) is 0 Å². The average Bonchev–Trinajstić information content (AvgIpc) is 2.24. The van der Waals surface area contributed by atoms with E-state index in [2.05, 4.69) is 12.2 Å². The van der Waals surface area contributed by atoms with E-state index < -0.39 is 0 Å². The summed E-state index contributed by atoms with van der Waals surface area (Å²) in [6.45, 7) is 0. The average molecular weight is 249 g/mol. The van der Waals surface area contributed by atoms with Crippen molar-refractivity contribution in [2.45, 2.75) is 77.0 Å². The molecule has 95 valence electrons. The van der Waals surface area contributed by atoms with E-state index in [1.165, 1.54) is 77.0 Å². The van der Waals surface area contributed by atoms with Gasteiger partial charge >= 0.3 is 0 Å². The van der Waals surface area contributed by atoms with Crippen LogP contribution in [0.25, 0.3) is 0 Å². The van der Waals surface area contributed by atoms with E-state index in [1.807, 2.05) is 0 Å². The Labute approximate surface area is 109 Å². The van der Waals surface area contributed by atoms with Crippen LogP contribution >= 0.6 is 8.58 Å². The van der Waals surface area contributed by atoms with Gasteiger partial charge in [0, 0.05) is 0 Å². The Morgan fingerprint density at radius 2 is 1.06 bits per heavy atom. The van der Waals surface area contributed by atoms with E-state index in [0.29, 0.717) is 0 Å². The Kier molecular flexibility index (Phi) is 6.35. The number of allylic oxidation sites excluding steroid dienone is 4. The highest BCUT2D eigenvalue weighted by atomic mass is 31.1. The maximum atomic E-state index is 2.54. The number of hydrogen-bond donors (Lipinski definition) is 0. The summed E-state index contributed by atoms with van der Waals surface area (Å²) >= 11 is 0. The van der Waals surface area contributed by atoms with E-state index in [-0.39, 0.29) is 0 Å². The van der Waals surface area contributed by atoms with Gasteiger partial charge < -0.3 is 0 Å². The molecule has 0 aromatic heterocycles. The highest BCUT2D eigenvalue weighted by molar-refractivity contribution is 7.47. The van der Waals surface area contributed by atoms with Gasteiger partial charge in [0.15, 0.2) is 0 Å². The zero-order valence-corrected chi connectivity index (χ0v) is 12.0. The molecule has 0 bridgehead atoms. The zero-order valence-electron chi connectivity index (χ0n) is 11.1. The van der Waals surface area contributed by atoms with Crippen molar-refractivity contribution in [1.29, 1.82) is 0 Å². The molecule has 0 aromatic rings. The zero-order chi connectivity index (χ0) is 11.8. The molecule has 17 heavy (non-hydrogen) atoms. The third kappa shape index (κ3) is 5.38. The van der Waals surface area contributed by atoms with Crippen molar-refractivity contribution >= 4 is 8.58 Å². The van der Waals surface area contributed by atoms with Gasteiger partial charge in [-0.2, -0.15) is 0 Å². The summed E-state index contributed by atoms with van der Waals surface area (Å²) in [6, 6.07) is 0. The van der Waals surface area contributed by atoms with E-state index in [1.54, 1.807) is 19.2 Å². The second-order valence-corrected chi connectivity index (χ2v) is 6.78. The highest BCUT2D eigenvalue weighted by Gasteiger charge is 2.07. The van der Waals surface area contributed by atoms with E-state index >= 15 is 0 Å². The molecule has 2 aliphatic carbocycles. The number of rotatable bonds is 2. The predicted molar refractivity (Wildman–Crippen MR) is 78.5 cm³/mol. The van der Waals surface area contributed by atoms with Crippen molar-refractivity contribution in [3.63, 3.8) is 0 Å². The van der Waals surface area contributed by atoms with Gasteiger partial charge in [0.2, 0.25) is 0 Å². The minimum absolute atomic E-state index is 1.33. The van der Waals surface area contributed by atoms with Crippen LogP contribution in [-0.2, 0) is 0 Å². The normalized spacial score (nSPS) is 29.9. The third-order valence-electron chi connectivity index (χ3n) is 3.82. The number of hydrogen-bond acceptors (Lipinski definition) is 0. The van der Waals surface area contributed by atoms with Crippen LogP contribution in [-0.4, -0.2) is 0 Å².